The van der Waals surface area contributed by atoms with E-state index in [2.05, 4.69) is 0 Å². The van der Waals surface area contributed by atoms with Crippen molar-refractivity contribution in [2.24, 2.45) is 0 Å². The summed E-state index contributed by atoms with van der Waals surface area (Å²) in [5.74, 6) is -0.980. The standard InChI is InChI=1S/C14H11NO4/c1-9-8-12(15(18)19)6-7-13(9)10-2-4-11(5-3-10)14(16)17/h2-8H,1H3,(H,16,17). The predicted molar refractivity (Wildman–Crippen MR) is 70.2 cm³/mol. The normalized spacial score (nSPS) is 10.2. The predicted octanol–water partition coefficient (Wildman–Crippen LogP) is 3.27. The molecule has 0 bridgehead atoms. The van der Waals surface area contributed by atoms with Gasteiger partial charge in [0, 0.05) is 12.1 Å². The molecule has 0 aliphatic rings. The zero-order valence-electron chi connectivity index (χ0n) is 10.2. The molecule has 0 atom stereocenters. The molecule has 2 aromatic carbocycles. The van der Waals surface area contributed by atoms with E-state index in [1.165, 1.54) is 24.3 Å². The molecule has 2 rings (SSSR count). The van der Waals surface area contributed by atoms with Crippen LogP contribution in [0, 0.1) is 17.0 Å². The minimum Gasteiger partial charge on any atom is -0.478 e. The minimum atomic E-state index is -0.980. The van der Waals surface area contributed by atoms with E-state index in [-0.39, 0.29) is 11.3 Å². The largest absolute Gasteiger partial charge is 0.478 e. The van der Waals surface area contributed by atoms with Gasteiger partial charge in [-0.15, -0.1) is 0 Å². The van der Waals surface area contributed by atoms with Crippen molar-refractivity contribution in [3.05, 3.63) is 63.7 Å². The van der Waals surface area contributed by atoms with Crippen LogP contribution in [0.15, 0.2) is 42.5 Å². The summed E-state index contributed by atoms with van der Waals surface area (Å²) in [5, 5.41) is 19.5. The van der Waals surface area contributed by atoms with Crippen LogP contribution in [0.4, 0.5) is 5.69 Å². The highest BCUT2D eigenvalue weighted by atomic mass is 16.6. The van der Waals surface area contributed by atoms with Crippen LogP contribution < -0.4 is 0 Å². The maximum atomic E-state index is 10.8. The van der Waals surface area contributed by atoms with Crippen molar-refractivity contribution < 1.29 is 14.8 Å². The Kier molecular flexibility index (Phi) is 3.29. The van der Waals surface area contributed by atoms with Gasteiger partial charge < -0.3 is 5.11 Å². The van der Waals surface area contributed by atoms with Crippen LogP contribution >= 0.6 is 0 Å². The first kappa shape index (κ1) is 12.8. The number of non-ortho nitro benzene ring substituents is 1. The van der Waals surface area contributed by atoms with Crippen LogP contribution in [0.2, 0.25) is 0 Å². The van der Waals surface area contributed by atoms with Crippen LogP contribution in [-0.2, 0) is 0 Å². The number of carboxylic acid groups (broad SMARTS) is 1. The first-order chi connectivity index (χ1) is 8.99. The van der Waals surface area contributed by atoms with Crippen molar-refractivity contribution in [3.8, 4) is 11.1 Å². The van der Waals surface area contributed by atoms with E-state index in [0.29, 0.717) is 0 Å². The number of benzene rings is 2. The second-order valence-corrected chi connectivity index (χ2v) is 4.14. The Hall–Kier alpha value is -2.69. The third kappa shape index (κ3) is 2.60. The monoisotopic (exact) mass is 257 g/mol. The molecule has 96 valence electrons. The van der Waals surface area contributed by atoms with E-state index < -0.39 is 10.9 Å². The average molecular weight is 257 g/mol. The molecular formula is C14H11NO4. The van der Waals surface area contributed by atoms with Crippen molar-refractivity contribution in [3.63, 3.8) is 0 Å². The summed E-state index contributed by atoms with van der Waals surface area (Å²) >= 11 is 0. The van der Waals surface area contributed by atoms with Gasteiger partial charge in [0.1, 0.15) is 0 Å². The molecule has 0 radical (unpaired) electrons. The number of aryl methyl sites for hydroxylation is 1. The van der Waals surface area contributed by atoms with Gasteiger partial charge in [-0.1, -0.05) is 12.1 Å². The Morgan fingerprint density at radius 3 is 2.26 bits per heavy atom. The zero-order valence-corrected chi connectivity index (χ0v) is 10.2. The Labute approximate surface area is 109 Å². The summed E-state index contributed by atoms with van der Waals surface area (Å²) in [6.07, 6.45) is 0. The molecule has 0 heterocycles. The van der Waals surface area contributed by atoms with E-state index in [9.17, 15) is 14.9 Å². The summed E-state index contributed by atoms with van der Waals surface area (Å²) in [6.45, 7) is 1.79. The van der Waals surface area contributed by atoms with E-state index >= 15 is 0 Å². The van der Waals surface area contributed by atoms with E-state index in [0.717, 1.165) is 16.7 Å². The van der Waals surface area contributed by atoms with Crippen LogP contribution in [0.3, 0.4) is 0 Å². The molecule has 1 N–H and O–H groups in total. The lowest BCUT2D eigenvalue weighted by Crippen LogP contribution is -1.95. The highest BCUT2D eigenvalue weighted by Gasteiger charge is 2.10. The lowest BCUT2D eigenvalue weighted by molar-refractivity contribution is -0.384. The summed E-state index contributed by atoms with van der Waals surface area (Å²) in [7, 11) is 0. The summed E-state index contributed by atoms with van der Waals surface area (Å²) < 4.78 is 0. The third-order valence-corrected chi connectivity index (χ3v) is 2.86. The van der Waals surface area contributed by atoms with Crippen molar-refractivity contribution >= 4 is 11.7 Å². The van der Waals surface area contributed by atoms with Crippen molar-refractivity contribution in [2.45, 2.75) is 6.92 Å². The van der Waals surface area contributed by atoms with Gasteiger partial charge in [-0.3, -0.25) is 10.1 Å². The number of nitro benzene ring substituents is 1. The smallest absolute Gasteiger partial charge is 0.335 e. The molecule has 5 heteroatoms. The van der Waals surface area contributed by atoms with Gasteiger partial charge >= 0.3 is 5.97 Å². The first-order valence-electron chi connectivity index (χ1n) is 5.58. The molecule has 0 aliphatic carbocycles. The number of hydrogen-bond acceptors (Lipinski definition) is 3. The van der Waals surface area contributed by atoms with Crippen LogP contribution in [0.5, 0.6) is 0 Å². The van der Waals surface area contributed by atoms with E-state index in [1.807, 2.05) is 0 Å². The van der Waals surface area contributed by atoms with Gasteiger partial charge in [0.05, 0.1) is 10.5 Å². The minimum absolute atomic E-state index is 0.0448. The topological polar surface area (TPSA) is 80.4 Å². The van der Waals surface area contributed by atoms with Crippen LogP contribution in [0.1, 0.15) is 15.9 Å². The van der Waals surface area contributed by atoms with E-state index in [1.54, 1.807) is 25.1 Å². The fraction of sp³-hybridized carbons (Fsp3) is 0.0714. The molecule has 5 nitrogen and oxygen atoms in total. The van der Waals surface area contributed by atoms with Crippen LogP contribution in [-0.4, -0.2) is 16.0 Å². The maximum Gasteiger partial charge on any atom is 0.335 e. The molecule has 0 aromatic heterocycles. The van der Waals surface area contributed by atoms with Crippen molar-refractivity contribution in [2.75, 3.05) is 0 Å². The quantitative estimate of drug-likeness (QED) is 0.675. The molecule has 0 saturated heterocycles. The summed E-state index contributed by atoms with van der Waals surface area (Å²) in [5.41, 5.74) is 2.71. The van der Waals surface area contributed by atoms with Gasteiger partial charge in [0.2, 0.25) is 0 Å². The van der Waals surface area contributed by atoms with Crippen molar-refractivity contribution in [1.29, 1.82) is 0 Å². The fourth-order valence-electron chi connectivity index (χ4n) is 1.88. The first-order valence-corrected chi connectivity index (χ1v) is 5.58. The average Bonchev–Trinajstić information content (AvgIpc) is 2.38. The Balaban J connectivity index is 2.41. The molecule has 0 amide bonds. The summed E-state index contributed by atoms with van der Waals surface area (Å²) in [6, 6.07) is 11.0. The maximum absolute atomic E-state index is 10.8. The third-order valence-electron chi connectivity index (χ3n) is 2.86. The highest BCUT2D eigenvalue weighted by molar-refractivity contribution is 5.88. The fourth-order valence-corrected chi connectivity index (χ4v) is 1.88. The van der Waals surface area contributed by atoms with E-state index in [4.69, 9.17) is 5.11 Å². The van der Waals surface area contributed by atoms with Crippen LogP contribution in [0.25, 0.3) is 11.1 Å². The number of aromatic carboxylic acids is 1. The lowest BCUT2D eigenvalue weighted by atomic mass is 9.99. The Morgan fingerprint density at radius 1 is 1.16 bits per heavy atom. The molecule has 0 fully saturated rings. The summed E-state index contributed by atoms with van der Waals surface area (Å²) in [4.78, 5) is 21.0. The molecule has 0 saturated carbocycles. The zero-order chi connectivity index (χ0) is 14.0. The Morgan fingerprint density at radius 2 is 1.79 bits per heavy atom. The van der Waals surface area contributed by atoms with Gasteiger partial charge in [-0.05, 0) is 41.8 Å². The number of carbonyl (C=O) groups is 1. The number of rotatable bonds is 3. The molecule has 0 unspecified atom stereocenters. The highest BCUT2D eigenvalue weighted by Crippen LogP contribution is 2.27. The molecule has 19 heavy (non-hydrogen) atoms. The molecular weight excluding hydrogens is 246 g/mol. The van der Waals surface area contributed by atoms with Gasteiger partial charge in [0.25, 0.3) is 5.69 Å². The SMILES string of the molecule is Cc1cc([N+](=O)[O-])ccc1-c1ccc(C(=O)O)cc1. The lowest BCUT2D eigenvalue weighted by Gasteiger charge is -2.06. The molecule has 0 spiro atoms. The van der Waals surface area contributed by atoms with Gasteiger partial charge in [0.15, 0.2) is 0 Å². The number of carboxylic acids is 1. The number of hydrogen-bond donors (Lipinski definition) is 1. The second-order valence-electron chi connectivity index (χ2n) is 4.14. The number of nitrogens with zero attached hydrogens (tertiary/aromatic N) is 1. The van der Waals surface area contributed by atoms with Gasteiger partial charge in [-0.25, -0.2) is 4.79 Å². The van der Waals surface area contributed by atoms with Crippen molar-refractivity contribution in [1.82, 2.24) is 0 Å². The Bertz CT molecular complexity index is 647. The number of nitro groups is 1. The second kappa shape index (κ2) is 4.89. The van der Waals surface area contributed by atoms with Gasteiger partial charge in [-0.2, -0.15) is 0 Å². The molecule has 0 aliphatic heterocycles. The molecule has 2 aromatic rings.